The molecule has 1 saturated carbocycles. The van der Waals surface area contributed by atoms with E-state index in [0.29, 0.717) is 6.42 Å². The molecule has 2 aromatic rings. The van der Waals surface area contributed by atoms with Gasteiger partial charge >= 0.3 is 0 Å². The van der Waals surface area contributed by atoms with E-state index < -0.39 is 0 Å². The fourth-order valence-electron chi connectivity index (χ4n) is 2.43. The molecule has 1 aliphatic rings. The Morgan fingerprint density at radius 2 is 1.22 bits per heavy atom. The van der Waals surface area contributed by atoms with E-state index in [0.717, 1.165) is 20.1 Å². The van der Waals surface area contributed by atoms with Gasteiger partial charge in [0.05, 0.1) is 24.3 Å². The zero-order valence-electron chi connectivity index (χ0n) is 14.1. The molecule has 0 heterocycles. The first-order valence-electron chi connectivity index (χ1n) is 8.21. The van der Waals surface area contributed by atoms with Crippen LogP contribution in [0.15, 0.2) is 67.7 Å². The van der Waals surface area contributed by atoms with Crippen LogP contribution in [0, 0.1) is 11.8 Å². The van der Waals surface area contributed by atoms with Crippen molar-refractivity contribution < 1.29 is 9.59 Å². The first-order chi connectivity index (χ1) is 13.1. The molecule has 1 aliphatic carbocycles. The number of hydrazone groups is 2. The zero-order chi connectivity index (χ0) is 19.2. The van der Waals surface area contributed by atoms with Gasteiger partial charge in [-0.25, -0.2) is 10.9 Å². The lowest BCUT2D eigenvalue weighted by Gasteiger charge is -2.01. The number of nitrogens with one attached hydrogen (secondary N) is 2. The fraction of sp³-hybridized carbons (Fsp3) is 0.158. The summed E-state index contributed by atoms with van der Waals surface area (Å²) in [5, 5.41) is 7.90. The van der Waals surface area contributed by atoms with Crippen LogP contribution >= 0.6 is 31.9 Å². The largest absolute Gasteiger partial charge is 0.273 e. The average Bonchev–Trinajstić information content (AvgIpc) is 3.46. The van der Waals surface area contributed by atoms with Crippen molar-refractivity contribution in [3.05, 3.63) is 68.6 Å². The molecular formula is C19H16Br2N4O2. The van der Waals surface area contributed by atoms with E-state index in [1.54, 1.807) is 12.4 Å². The van der Waals surface area contributed by atoms with Gasteiger partial charge < -0.3 is 0 Å². The highest BCUT2D eigenvalue weighted by Gasteiger charge is 2.48. The Hall–Kier alpha value is -2.32. The number of carbonyl (C=O) groups is 2. The van der Waals surface area contributed by atoms with Gasteiger partial charge in [0.25, 0.3) is 0 Å². The number of nitrogens with zero attached hydrogens (tertiary/aromatic N) is 2. The minimum atomic E-state index is -0.375. The number of benzene rings is 2. The molecule has 2 N–H and O–H groups in total. The van der Waals surface area contributed by atoms with Crippen LogP contribution in [-0.2, 0) is 9.59 Å². The third-order valence-corrected chi connectivity index (χ3v) is 5.48. The van der Waals surface area contributed by atoms with Gasteiger partial charge in [0.1, 0.15) is 0 Å². The number of rotatable bonds is 6. The van der Waals surface area contributed by atoms with Crippen LogP contribution in [0.3, 0.4) is 0 Å². The predicted molar refractivity (Wildman–Crippen MR) is 111 cm³/mol. The second-order valence-corrected chi connectivity index (χ2v) is 7.67. The second kappa shape index (κ2) is 9.05. The van der Waals surface area contributed by atoms with Gasteiger partial charge in [-0.1, -0.05) is 68.3 Å². The van der Waals surface area contributed by atoms with Crippen molar-refractivity contribution in [2.75, 3.05) is 0 Å². The molecule has 3 rings (SSSR count). The molecule has 0 saturated heterocycles. The Morgan fingerprint density at radius 1 is 0.815 bits per heavy atom. The number of hydrogen-bond acceptors (Lipinski definition) is 4. The summed E-state index contributed by atoms with van der Waals surface area (Å²) in [6.45, 7) is 0. The van der Waals surface area contributed by atoms with Crippen molar-refractivity contribution in [3.8, 4) is 0 Å². The van der Waals surface area contributed by atoms with E-state index in [-0.39, 0.29) is 23.7 Å². The quantitative estimate of drug-likeness (QED) is 0.479. The van der Waals surface area contributed by atoms with E-state index in [1.807, 2.05) is 48.5 Å². The minimum Gasteiger partial charge on any atom is -0.273 e. The summed E-state index contributed by atoms with van der Waals surface area (Å²) in [5.74, 6) is -1.29. The van der Waals surface area contributed by atoms with Crippen molar-refractivity contribution in [2.24, 2.45) is 22.0 Å². The highest BCUT2D eigenvalue weighted by atomic mass is 79.9. The summed E-state index contributed by atoms with van der Waals surface area (Å²) in [4.78, 5) is 24.1. The average molecular weight is 492 g/mol. The van der Waals surface area contributed by atoms with Crippen molar-refractivity contribution in [1.29, 1.82) is 0 Å². The lowest BCUT2D eigenvalue weighted by Crippen LogP contribution is -2.25. The van der Waals surface area contributed by atoms with Crippen LogP contribution in [0.5, 0.6) is 0 Å². The zero-order valence-corrected chi connectivity index (χ0v) is 17.3. The predicted octanol–water partition coefficient (Wildman–Crippen LogP) is 3.45. The van der Waals surface area contributed by atoms with Crippen LogP contribution < -0.4 is 10.9 Å². The maximum absolute atomic E-state index is 12.1. The van der Waals surface area contributed by atoms with Gasteiger partial charge in [-0.2, -0.15) is 10.2 Å². The van der Waals surface area contributed by atoms with Gasteiger partial charge in [-0.15, -0.1) is 0 Å². The van der Waals surface area contributed by atoms with Crippen LogP contribution in [0.4, 0.5) is 0 Å². The molecule has 0 bridgehead atoms. The molecule has 0 aromatic heterocycles. The maximum Gasteiger partial charge on any atom is 0.244 e. The normalized spacial score (nSPS) is 18.6. The van der Waals surface area contributed by atoms with Crippen molar-refractivity contribution >= 4 is 56.1 Å². The standard InChI is InChI=1S/C19H16Br2N4O2/c20-16-7-3-1-5-12(16)10-22-24-18(26)14-9-15(14)19(27)25-23-11-13-6-2-4-8-17(13)21/h1-8,10-11,14-15H,9H2,(H,24,26)(H,25,27)/b22-10-,23-11-/t14-,15+. The van der Waals surface area contributed by atoms with Crippen molar-refractivity contribution in [3.63, 3.8) is 0 Å². The lowest BCUT2D eigenvalue weighted by atomic mass is 10.2. The smallest absolute Gasteiger partial charge is 0.244 e. The summed E-state index contributed by atoms with van der Waals surface area (Å²) in [7, 11) is 0. The number of amides is 2. The van der Waals surface area contributed by atoms with Crippen LogP contribution in [-0.4, -0.2) is 24.2 Å². The molecule has 27 heavy (non-hydrogen) atoms. The first kappa shape index (κ1) is 19.4. The molecule has 0 unspecified atom stereocenters. The van der Waals surface area contributed by atoms with Crippen LogP contribution in [0.25, 0.3) is 0 Å². The lowest BCUT2D eigenvalue weighted by molar-refractivity contribution is -0.127. The van der Waals surface area contributed by atoms with E-state index >= 15 is 0 Å². The molecule has 138 valence electrons. The third-order valence-electron chi connectivity index (χ3n) is 4.03. The van der Waals surface area contributed by atoms with E-state index in [1.165, 1.54) is 0 Å². The highest BCUT2D eigenvalue weighted by Crippen LogP contribution is 2.38. The Labute approximate surface area is 173 Å². The van der Waals surface area contributed by atoms with Crippen LogP contribution in [0.1, 0.15) is 17.5 Å². The second-order valence-electron chi connectivity index (χ2n) is 5.96. The van der Waals surface area contributed by atoms with Gasteiger partial charge in [-0.3, -0.25) is 9.59 Å². The summed E-state index contributed by atoms with van der Waals surface area (Å²) in [5.41, 5.74) is 6.66. The van der Waals surface area contributed by atoms with E-state index in [2.05, 4.69) is 52.9 Å². The molecule has 0 spiro atoms. The molecular weight excluding hydrogens is 476 g/mol. The molecule has 2 atom stereocenters. The van der Waals surface area contributed by atoms with E-state index in [4.69, 9.17) is 0 Å². The summed E-state index contributed by atoms with van der Waals surface area (Å²) in [6.07, 6.45) is 3.61. The molecule has 2 aromatic carbocycles. The molecule has 1 fully saturated rings. The Morgan fingerprint density at radius 3 is 1.63 bits per heavy atom. The maximum atomic E-state index is 12.1. The van der Waals surface area contributed by atoms with Crippen LogP contribution in [0.2, 0.25) is 0 Å². The highest BCUT2D eigenvalue weighted by molar-refractivity contribution is 9.10. The van der Waals surface area contributed by atoms with E-state index in [9.17, 15) is 9.59 Å². The number of halogens is 2. The third kappa shape index (κ3) is 5.33. The topological polar surface area (TPSA) is 82.9 Å². The molecule has 6 nitrogen and oxygen atoms in total. The van der Waals surface area contributed by atoms with Gasteiger partial charge in [0.2, 0.25) is 11.8 Å². The Balaban J connectivity index is 1.46. The monoisotopic (exact) mass is 490 g/mol. The van der Waals surface area contributed by atoms with Gasteiger partial charge in [0, 0.05) is 20.1 Å². The van der Waals surface area contributed by atoms with Gasteiger partial charge in [0.15, 0.2) is 0 Å². The SMILES string of the molecule is O=C(N/N=C\c1ccccc1Br)[C@H]1C[C@H]1C(=O)N/N=C\c1ccccc1Br. The molecule has 8 heteroatoms. The fourth-order valence-corrected chi connectivity index (χ4v) is 3.21. The number of carbonyl (C=O) groups excluding carboxylic acids is 2. The number of hydrogen-bond donors (Lipinski definition) is 2. The first-order valence-corrected chi connectivity index (χ1v) is 9.80. The van der Waals surface area contributed by atoms with Crippen molar-refractivity contribution in [2.45, 2.75) is 6.42 Å². The molecule has 0 radical (unpaired) electrons. The van der Waals surface area contributed by atoms with Crippen molar-refractivity contribution in [1.82, 2.24) is 10.9 Å². The molecule has 2 amide bonds. The Kier molecular flexibility index (Phi) is 6.52. The summed E-state index contributed by atoms with van der Waals surface area (Å²) < 4.78 is 1.77. The Bertz CT molecular complexity index is 841. The summed E-state index contributed by atoms with van der Waals surface area (Å²) >= 11 is 6.81. The minimum absolute atomic E-state index is 0.270. The molecule has 0 aliphatic heterocycles. The summed E-state index contributed by atoms with van der Waals surface area (Å²) in [6, 6.07) is 15.1. The van der Waals surface area contributed by atoms with Gasteiger partial charge in [-0.05, 0) is 18.6 Å².